The zero-order valence-corrected chi connectivity index (χ0v) is 13.6. The number of para-hydroxylation sites is 1. The maximum Gasteiger partial charge on any atom is 0.410 e. The zero-order valence-electron chi connectivity index (χ0n) is 11.4. The summed E-state index contributed by atoms with van der Waals surface area (Å²) in [6.45, 7) is 7.18. The summed E-state index contributed by atoms with van der Waals surface area (Å²) in [5, 5.41) is 0. The molecule has 1 aromatic carbocycles. The minimum Gasteiger partial charge on any atom is -0.490 e. The van der Waals surface area contributed by atoms with E-state index >= 15 is 0 Å². The van der Waals surface area contributed by atoms with Crippen molar-refractivity contribution in [1.82, 2.24) is 4.90 Å². The van der Waals surface area contributed by atoms with E-state index in [2.05, 4.69) is 22.6 Å². The van der Waals surface area contributed by atoms with Crippen molar-refractivity contribution in [3.8, 4) is 5.75 Å². The summed E-state index contributed by atoms with van der Waals surface area (Å²) in [5.41, 5.74) is 0.549. The van der Waals surface area contributed by atoms with Gasteiger partial charge in [0.15, 0.2) is 0 Å². The summed E-state index contributed by atoms with van der Waals surface area (Å²) in [6.07, 6.45) is -0.289. The van der Waals surface area contributed by atoms with Crippen LogP contribution in [-0.4, -0.2) is 29.7 Å². The molecule has 0 unspecified atom stereocenters. The van der Waals surface area contributed by atoms with Crippen molar-refractivity contribution in [3.63, 3.8) is 0 Å². The van der Waals surface area contributed by atoms with Gasteiger partial charge in [-0.15, -0.1) is 0 Å². The molecule has 1 amide bonds. The summed E-state index contributed by atoms with van der Waals surface area (Å²) in [7, 11) is 0. The number of hydrogen-bond acceptors (Lipinski definition) is 3. The van der Waals surface area contributed by atoms with Crippen molar-refractivity contribution in [1.29, 1.82) is 0 Å². The number of ether oxygens (including phenoxy) is 2. The van der Waals surface area contributed by atoms with Gasteiger partial charge in [-0.3, -0.25) is 0 Å². The molecular weight excluding hydrogens is 357 g/mol. The van der Waals surface area contributed by atoms with Crippen LogP contribution in [0, 0.1) is 3.57 Å². The molecule has 5 heteroatoms. The molecule has 1 aromatic rings. The van der Waals surface area contributed by atoms with Crippen LogP contribution in [0.1, 0.15) is 26.3 Å². The van der Waals surface area contributed by atoms with Crippen LogP contribution in [0.25, 0.3) is 0 Å². The van der Waals surface area contributed by atoms with Crippen molar-refractivity contribution in [3.05, 3.63) is 27.3 Å². The number of carbonyl (C=O) groups excluding carboxylic acids is 1. The highest BCUT2D eigenvalue weighted by molar-refractivity contribution is 14.1. The number of nitrogens with zero attached hydrogens (tertiary/aromatic N) is 1. The molecule has 0 saturated carbocycles. The SMILES string of the molecule is CC(C)(C)OC(=O)N1CCOc2c(I)cccc2C1. The first-order valence-corrected chi connectivity index (χ1v) is 7.33. The lowest BCUT2D eigenvalue weighted by molar-refractivity contribution is 0.0225. The molecule has 1 aliphatic rings. The molecule has 0 aliphatic carbocycles. The second-order valence-electron chi connectivity index (χ2n) is 5.48. The fraction of sp³-hybridized carbons (Fsp3) is 0.500. The number of rotatable bonds is 0. The summed E-state index contributed by atoms with van der Waals surface area (Å²) in [5.74, 6) is 0.883. The van der Waals surface area contributed by atoms with E-state index in [-0.39, 0.29) is 6.09 Å². The van der Waals surface area contributed by atoms with E-state index in [1.165, 1.54) is 0 Å². The van der Waals surface area contributed by atoms with Gasteiger partial charge in [0.05, 0.1) is 16.7 Å². The summed E-state index contributed by atoms with van der Waals surface area (Å²) in [6, 6.07) is 5.96. The van der Waals surface area contributed by atoms with Gasteiger partial charge in [-0.25, -0.2) is 4.79 Å². The number of benzene rings is 1. The Morgan fingerprint density at radius 1 is 1.42 bits per heavy atom. The second kappa shape index (κ2) is 5.56. The first kappa shape index (κ1) is 14.4. The molecule has 0 fully saturated rings. The van der Waals surface area contributed by atoms with E-state index < -0.39 is 5.60 Å². The van der Waals surface area contributed by atoms with Gasteiger partial charge in [0.25, 0.3) is 0 Å². The molecule has 0 atom stereocenters. The molecule has 0 aromatic heterocycles. The van der Waals surface area contributed by atoms with E-state index in [4.69, 9.17) is 9.47 Å². The third kappa shape index (κ3) is 3.75. The molecule has 2 rings (SSSR count). The van der Waals surface area contributed by atoms with Crippen LogP contribution < -0.4 is 4.74 Å². The van der Waals surface area contributed by atoms with Crippen molar-refractivity contribution in [2.75, 3.05) is 13.2 Å². The Hall–Kier alpha value is -0.980. The molecule has 0 bridgehead atoms. The smallest absolute Gasteiger partial charge is 0.410 e. The van der Waals surface area contributed by atoms with Gasteiger partial charge >= 0.3 is 6.09 Å². The van der Waals surface area contributed by atoms with Gasteiger partial charge in [-0.05, 0) is 49.4 Å². The van der Waals surface area contributed by atoms with Crippen LogP contribution in [0.3, 0.4) is 0 Å². The number of fused-ring (bicyclic) bond motifs is 1. The Morgan fingerprint density at radius 3 is 2.84 bits per heavy atom. The fourth-order valence-corrected chi connectivity index (χ4v) is 2.57. The fourth-order valence-electron chi connectivity index (χ4n) is 1.86. The van der Waals surface area contributed by atoms with Gasteiger partial charge in [0, 0.05) is 5.56 Å². The highest BCUT2D eigenvalue weighted by Crippen LogP contribution is 2.29. The van der Waals surface area contributed by atoms with E-state index in [1.54, 1.807) is 4.90 Å². The highest BCUT2D eigenvalue weighted by Gasteiger charge is 2.25. The summed E-state index contributed by atoms with van der Waals surface area (Å²) >= 11 is 2.25. The minimum absolute atomic E-state index is 0.289. The largest absolute Gasteiger partial charge is 0.490 e. The molecule has 0 spiro atoms. The first-order chi connectivity index (χ1) is 8.87. The van der Waals surface area contributed by atoms with Crippen LogP contribution in [-0.2, 0) is 11.3 Å². The third-order valence-corrected chi connectivity index (χ3v) is 3.52. The normalized spacial score (nSPS) is 15.3. The average molecular weight is 375 g/mol. The Labute approximate surface area is 127 Å². The van der Waals surface area contributed by atoms with Crippen molar-refractivity contribution in [2.45, 2.75) is 32.9 Å². The Morgan fingerprint density at radius 2 is 2.16 bits per heavy atom. The topological polar surface area (TPSA) is 38.8 Å². The quantitative estimate of drug-likeness (QED) is 0.653. The summed E-state index contributed by atoms with van der Waals surface area (Å²) < 4.78 is 12.2. The van der Waals surface area contributed by atoms with Crippen molar-refractivity contribution < 1.29 is 14.3 Å². The highest BCUT2D eigenvalue weighted by atomic mass is 127. The Bertz CT molecular complexity index is 482. The second-order valence-corrected chi connectivity index (χ2v) is 6.64. The monoisotopic (exact) mass is 375 g/mol. The Balaban J connectivity index is 2.16. The molecular formula is C14H18INO3. The average Bonchev–Trinajstić information content (AvgIpc) is 2.50. The summed E-state index contributed by atoms with van der Waals surface area (Å²) in [4.78, 5) is 13.8. The Kier molecular flexibility index (Phi) is 4.23. The van der Waals surface area contributed by atoms with E-state index in [0.29, 0.717) is 19.7 Å². The van der Waals surface area contributed by atoms with Crippen LogP contribution >= 0.6 is 22.6 Å². The molecule has 4 nitrogen and oxygen atoms in total. The molecule has 0 saturated heterocycles. The maximum absolute atomic E-state index is 12.1. The predicted molar refractivity (Wildman–Crippen MR) is 81.3 cm³/mol. The first-order valence-electron chi connectivity index (χ1n) is 6.25. The van der Waals surface area contributed by atoms with E-state index in [0.717, 1.165) is 14.9 Å². The van der Waals surface area contributed by atoms with Gasteiger partial charge in [0.2, 0.25) is 0 Å². The van der Waals surface area contributed by atoms with Crippen LogP contribution in [0.4, 0.5) is 4.79 Å². The molecule has 1 heterocycles. The molecule has 19 heavy (non-hydrogen) atoms. The number of amides is 1. The van der Waals surface area contributed by atoms with Crippen LogP contribution in [0.2, 0.25) is 0 Å². The molecule has 1 aliphatic heterocycles. The van der Waals surface area contributed by atoms with E-state index in [1.807, 2.05) is 39.0 Å². The molecule has 104 valence electrons. The van der Waals surface area contributed by atoms with Crippen molar-refractivity contribution in [2.24, 2.45) is 0 Å². The predicted octanol–water partition coefficient (Wildman–Crippen LogP) is 3.42. The van der Waals surface area contributed by atoms with Gasteiger partial charge < -0.3 is 14.4 Å². The van der Waals surface area contributed by atoms with Crippen LogP contribution in [0.15, 0.2) is 18.2 Å². The lowest BCUT2D eigenvalue weighted by atomic mass is 10.2. The minimum atomic E-state index is -0.474. The van der Waals surface area contributed by atoms with Gasteiger partial charge in [-0.1, -0.05) is 12.1 Å². The maximum atomic E-state index is 12.1. The van der Waals surface area contributed by atoms with Gasteiger partial charge in [-0.2, -0.15) is 0 Å². The van der Waals surface area contributed by atoms with Crippen molar-refractivity contribution >= 4 is 28.7 Å². The standard InChI is InChI=1S/C14H18INO3/c1-14(2,3)19-13(17)16-7-8-18-12-10(9-16)5-4-6-11(12)15/h4-6H,7-9H2,1-3H3. The number of hydrogen-bond donors (Lipinski definition) is 0. The lowest BCUT2D eigenvalue weighted by Crippen LogP contribution is -2.37. The van der Waals surface area contributed by atoms with E-state index in [9.17, 15) is 4.79 Å². The molecule has 0 N–H and O–H groups in total. The van der Waals surface area contributed by atoms with Crippen LogP contribution in [0.5, 0.6) is 5.75 Å². The molecule has 0 radical (unpaired) electrons. The number of halogens is 1. The van der Waals surface area contributed by atoms with Gasteiger partial charge in [0.1, 0.15) is 18.0 Å². The number of carbonyl (C=O) groups is 1. The third-order valence-electron chi connectivity index (χ3n) is 2.67. The lowest BCUT2D eigenvalue weighted by Gasteiger charge is -2.26. The zero-order chi connectivity index (χ0) is 14.0.